The van der Waals surface area contributed by atoms with Crippen LogP contribution in [-0.4, -0.2) is 16.1 Å². The average molecular weight is 229 g/mol. The van der Waals surface area contributed by atoms with Gasteiger partial charge in [-0.25, -0.2) is 4.98 Å². The van der Waals surface area contributed by atoms with Gasteiger partial charge in [0.15, 0.2) is 0 Å². The van der Waals surface area contributed by atoms with Gasteiger partial charge in [0.25, 0.3) is 0 Å². The molecule has 2 rings (SSSR count). The molecule has 0 atom stereocenters. The van der Waals surface area contributed by atoms with E-state index in [9.17, 15) is 0 Å². The van der Waals surface area contributed by atoms with Crippen LogP contribution in [-0.2, 0) is 19.4 Å². The third-order valence-electron chi connectivity index (χ3n) is 2.91. The van der Waals surface area contributed by atoms with Gasteiger partial charge in [0.2, 0.25) is 0 Å². The number of hydrogen-bond acceptors (Lipinski definition) is 2. The van der Waals surface area contributed by atoms with E-state index in [2.05, 4.69) is 40.0 Å². The maximum absolute atomic E-state index is 5.54. The molecule has 2 aromatic rings. The number of nitrogens with two attached hydrogens (primary N) is 1. The van der Waals surface area contributed by atoms with E-state index in [1.807, 2.05) is 13.0 Å². The molecule has 1 aromatic heterocycles. The molecule has 0 spiro atoms. The molecular formula is C14H19N3. The second kappa shape index (κ2) is 5.64. The summed E-state index contributed by atoms with van der Waals surface area (Å²) in [5, 5.41) is 0. The van der Waals surface area contributed by atoms with Crippen molar-refractivity contribution in [1.29, 1.82) is 0 Å². The van der Waals surface area contributed by atoms with Crippen LogP contribution in [0, 0.1) is 6.92 Å². The van der Waals surface area contributed by atoms with Crippen LogP contribution in [0.25, 0.3) is 0 Å². The van der Waals surface area contributed by atoms with Crippen LogP contribution < -0.4 is 5.73 Å². The minimum Gasteiger partial charge on any atom is -0.335 e. The molecule has 0 aliphatic heterocycles. The van der Waals surface area contributed by atoms with Gasteiger partial charge in [0, 0.05) is 19.2 Å². The molecule has 3 heteroatoms. The lowest BCUT2D eigenvalue weighted by Gasteiger charge is -2.04. The van der Waals surface area contributed by atoms with Crippen LogP contribution in [0.15, 0.2) is 36.5 Å². The summed E-state index contributed by atoms with van der Waals surface area (Å²) in [6, 6.07) is 10.5. The molecule has 0 aliphatic rings. The fourth-order valence-corrected chi connectivity index (χ4v) is 1.96. The van der Waals surface area contributed by atoms with Crippen molar-refractivity contribution in [3.8, 4) is 0 Å². The predicted octanol–water partition coefficient (Wildman–Crippen LogP) is 1.94. The molecular weight excluding hydrogens is 210 g/mol. The van der Waals surface area contributed by atoms with Gasteiger partial charge in [-0.3, -0.25) is 0 Å². The summed E-state index contributed by atoms with van der Waals surface area (Å²) >= 11 is 0. The summed E-state index contributed by atoms with van der Waals surface area (Å²) in [7, 11) is 0. The summed E-state index contributed by atoms with van der Waals surface area (Å²) in [6.45, 7) is 3.69. The molecule has 1 aromatic carbocycles. The van der Waals surface area contributed by atoms with Crippen molar-refractivity contribution in [3.63, 3.8) is 0 Å². The predicted molar refractivity (Wildman–Crippen MR) is 69.9 cm³/mol. The molecule has 1 heterocycles. The smallest absolute Gasteiger partial charge is 0.105 e. The third kappa shape index (κ3) is 3.17. The van der Waals surface area contributed by atoms with E-state index in [0.717, 1.165) is 30.9 Å². The molecule has 0 radical (unpaired) electrons. The van der Waals surface area contributed by atoms with Gasteiger partial charge >= 0.3 is 0 Å². The maximum Gasteiger partial charge on any atom is 0.105 e. The standard InChI is InChI=1S/C14H19N3/c1-12-16-14(7-9-15)11-17(12)10-8-13-5-3-2-4-6-13/h2-6,11H,7-10,15H2,1H3. The zero-order valence-corrected chi connectivity index (χ0v) is 10.3. The van der Waals surface area contributed by atoms with Crippen LogP contribution in [0.4, 0.5) is 0 Å². The summed E-state index contributed by atoms with van der Waals surface area (Å²) in [5.74, 6) is 1.07. The quantitative estimate of drug-likeness (QED) is 0.851. The highest BCUT2D eigenvalue weighted by Crippen LogP contribution is 2.06. The highest BCUT2D eigenvalue weighted by molar-refractivity contribution is 5.15. The maximum atomic E-state index is 5.54. The summed E-state index contributed by atoms with van der Waals surface area (Å²) in [6.07, 6.45) is 4.02. The Morgan fingerprint density at radius 2 is 1.94 bits per heavy atom. The van der Waals surface area contributed by atoms with Crippen molar-refractivity contribution >= 4 is 0 Å². The van der Waals surface area contributed by atoms with Crippen LogP contribution in [0.1, 0.15) is 17.1 Å². The lowest BCUT2D eigenvalue weighted by Crippen LogP contribution is -2.03. The van der Waals surface area contributed by atoms with Gasteiger partial charge < -0.3 is 10.3 Å². The van der Waals surface area contributed by atoms with Gasteiger partial charge in [-0.15, -0.1) is 0 Å². The van der Waals surface area contributed by atoms with Gasteiger partial charge in [0.05, 0.1) is 5.69 Å². The fraction of sp³-hybridized carbons (Fsp3) is 0.357. The van der Waals surface area contributed by atoms with Gasteiger partial charge in [-0.05, 0) is 25.5 Å². The third-order valence-corrected chi connectivity index (χ3v) is 2.91. The van der Waals surface area contributed by atoms with Crippen molar-refractivity contribution in [2.75, 3.05) is 6.54 Å². The zero-order valence-electron chi connectivity index (χ0n) is 10.3. The Labute approximate surface area is 102 Å². The van der Waals surface area contributed by atoms with E-state index >= 15 is 0 Å². The molecule has 0 fully saturated rings. The number of nitrogens with zero attached hydrogens (tertiary/aromatic N) is 2. The van der Waals surface area contributed by atoms with E-state index < -0.39 is 0 Å². The summed E-state index contributed by atoms with van der Waals surface area (Å²) in [5.41, 5.74) is 7.99. The van der Waals surface area contributed by atoms with Crippen LogP contribution in [0.5, 0.6) is 0 Å². The first-order valence-electron chi connectivity index (χ1n) is 6.06. The second-order valence-corrected chi connectivity index (χ2v) is 4.25. The van der Waals surface area contributed by atoms with Crippen molar-refractivity contribution in [3.05, 3.63) is 53.6 Å². The van der Waals surface area contributed by atoms with Crippen LogP contribution in [0.2, 0.25) is 0 Å². The number of hydrogen-bond donors (Lipinski definition) is 1. The lowest BCUT2D eigenvalue weighted by molar-refractivity contribution is 0.673. The lowest BCUT2D eigenvalue weighted by atomic mass is 10.1. The molecule has 0 amide bonds. The summed E-state index contributed by atoms with van der Waals surface area (Å²) in [4.78, 5) is 4.50. The first kappa shape index (κ1) is 11.9. The minimum absolute atomic E-state index is 0.662. The Hall–Kier alpha value is -1.61. The average Bonchev–Trinajstić information content (AvgIpc) is 2.69. The monoisotopic (exact) mass is 229 g/mol. The van der Waals surface area contributed by atoms with Crippen molar-refractivity contribution in [2.45, 2.75) is 26.3 Å². The summed E-state index contributed by atoms with van der Waals surface area (Å²) < 4.78 is 2.21. The molecule has 0 bridgehead atoms. The Balaban J connectivity index is 1.99. The molecule has 0 saturated heterocycles. The largest absolute Gasteiger partial charge is 0.335 e. The molecule has 0 saturated carbocycles. The number of benzene rings is 1. The Morgan fingerprint density at radius 3 is 2.65 bits per heavy atom. The van der Waals surface area contributed by atoms with E-state index in [4.69, 9.17) is 5.73 Å². The molecule has 0 unspecified atom stereocenters. The Morgan fingerprint density at radius 1 is 1.18 bits per heavy atom. The van der Waals surface area contributed by atoms with Crippen molar-refractivity contribution in [2.24, 2.45) is 5.73 Å². The van der Waals surface area contributed by atoms with Gasteiger partial charge in [-0.2, -0.15) is 0 Å². The Kier molecular flexibility index (Phi) is 3.94. The molecule has 0 aliphatic carbocycles. The number of imidazole rings is 1. The molecule has 90 valence electrons. The SMILES string of the molecule is Cc1nc(CCN)cn1CCc1ccccc1. The van der Waals surface area contributed by atoms with Crippen LogP contribution in [0.3, 0.4) is 0 Å². The number of aryl methyl sites for hydroxylation is 3. The molecule has 2 N–H and O–H groups in total. The zero-order chi connectivity index (χ0) is 12.1. The van der Waals surface area contributed by atoms with E-state index in [1.165, 1.54) is 5.56 Å². The Bertz CT molecular complexity index is 460. The first-order valence-corrected chi connectivity index (χ1v) is 6.06. The first-order chi connectivity index (χ1) is 8.29. The van der Waals surface area contributed by atoms with Gasteiger partial charge in [-0.1, -0.05) is 30.3 Å². The number of rotatable bonds is 5. The number of aromatic nitrogens is 2. The second-order valence-electron chi connectivity index (χ2n) is 4.25. The van der Waals surface area contributed by atoms with Crippen molar-refractivity contribution < 1.29 is 0 Å². The molecule has 3 nitrogen and oxygen atoms in total. The molecule has 17 heavy (non-hydrogen) atoms. The highest BCUT2D eigenvalue weighted by atomic mass is 15.1. The van der Waals surface area contributed by atoms with Crippen LogP contribution >= 0.6 is 0 Å². The highest BCUT2D eigenvalue weighted by Gasteiger charge is 2.03. The van der Waals surface area contributed by atoms with E-state index in [1.54, 1.807) is 0 Å². The van der Waals surface area contributed by atoms with E-state index in [0.29, 0.717) is 6.54 Å². The van der Waals surface area contributed by atoms with E-state index in [-0.39, 0.29) is 0 Å². The topological polar surface area (TPSA) is 43.8 Å². The van der Waals surface area contributed by atoms with Gasteiger partial charge in [0.1, 0.15) is 5.82 Å². The van der Waals surface area contributed by atoms with Crippen molar-refractivity contribution in [1.82, 2.24) is 9.55 Å². The minimum atomic E-state index is 0.662. The normalized spacial score (nSPS) is 10.7. The fourth-order valence-electron chi connectivity index (χ4n) is 1.96.